The first-order valence-electron chi connectivity index (χ1n) is 8.26. The molecule has 1 saturated carbocycles. The second kappa shape index (κ2) is 7.65. The highest BCUT2D eigenvalue weighted by Crippen LogP contribution is 2.38. The van der Waals surface area contributed by atoms with Gasteiger partial charge >= 0.3 is 5.97 Å². The van der Waals surface area contributed by atoms with Crippen molar-refractivity contribution in [2.75, 3.05) is 6.61 Å². The van der Waals surface area contributed by atoms with Gasteiger partial charge in [-0.25, -0.2) is 4.79 Å². The third-order valence-corrected chi connectivity index (χ3v) is 4.76. The minimum atomic E-state index is -1.02. The number of carbonyl (C=O) groups is 1. The summed E-state index contributed by atoms with van der Waals surface area (Å²) in [5.74, 6) is 0.687. The molecule has 1 fully saturated rings. The van der Waals surface area contributed by atoms with Crippen LogP contribution < -0.4 is 15.5 Å². The third-order valence-electron chi connectivity index (χ3n) is 4.55. The standard InChI is InChI=1S/C18H21N3O3S/c1-11(14-4-2-3-5-16(14)24-10-17(22)23)20-21-18(25)19-15-9-12-6-7-13(15)8-12/h2-7,12-13,15H,8-10H2,1H3,(H,22,23)(H2,19,21,25)/t12-,13+,15+/m1/s1. The van der Waals surface area contributed by atoms with E-state index in [-0.39, 0.29) is 0 Å². The van der Waals surface area contributed by atoms with Gasteiger partial charge in [0.1, 0.15) is 5.75 Å². The molecule has 2 aliphatic rings. The number of para-hydroxylation sites is 1. The molecule has 2 bridgehead atoms. The normalized spacial score (nSPS) is 24.2. The molecule has 3 rings (SSSR count). The van der Waals surface area contributed by atoms with Crippen LogP contribution >= 0.6 is 12.2 Å². The molecule has 0 heterocycles. The number of benzene rings is 1. The Balaban J connectivity index is 1.58. The number of nitrogens with zero attached hydrogens (tertiary/aromatic N) is 1. The predicted octanol–water partition coefficient (Wildman–Crippen LogP) is 2.30. The number of allylic oxidation sites excluding steroid dienone is 1. The van der Waals surface area contributed by atoms with E-state index in [1.54, 1.807) is 12.1 Å². The van der Waals surface area contributed by atoms with E-state index in [9.17, 15) is 4.79 Å². The van der Waals surface area contributed by atoms with Crippen LogP contribution in [0.15, 0.2) is 41.5 Å². The first-order valence-corrected chi connectivity index (χ1v) is 8.67. The molecule has 0 spiro atoms. The first-order chi connectivity index (χ1) is 12.0. The highest BCUT2D eigenvalue weighted by Gasteiger charge is 2.35. The lowest BCUT2D eigenvalue weighted by molar-refractivity contribution is -0.139. The Hall–Kier alpha value is -2.41. The van der Waals surface area contributed by atoms with Crippen molar-refractivity contribution in [3.63, 3.8) is 0 Å². The lowest BCUT2D eigenvalue weighted by atomic mass is 10.0. The van der Waals surface area contributed by atoms with Crippen LogP contribution in [0.1, 0.15) is 25.3 Å². The molecule has 3 N–H and O–H groups in total. The summed E-state index contributed by atoms with van der Waals surface area (Å²) >= 11 is 5.33. The van der Waals surface area contributed by atoms with Gasteiger partial charge in [-0.2, -0.15) is 5.10 Å². The topological polar surface area (TPSA) is 83.0 Å². The molecule has 132 valence electrons. The van der Waals surface area contributed by atoms with Crippen LogP contribution in [0.3, 0.4) is 0 Å². The Bertz CT molecular complexity index is 732. The third kappa shape index (κ3) is 4.36. The van der Waals surface area contributed by atoms with E-state index in [1.165, 1.54) is 6.42 Å². The zero-order valence-electron chi connectivity index (χ0n) is 13.9. The molecule has 0 aliphatic heterocycles. The van der Waals surface area contributed by atoms with E-state index in [0.717, 1.165) is 12.0 Å². The van der Waals surface area contributed by atoms with Crippen LogP contribution in [0, 0.1) is 11.8 Å². The number of rotatable bonds is 6. The van der Waals surface area contributed by atoms with Gasteiger partial charge in [0.2, 0.25) is 0 Å². The van der Waals surface area contributed by atoms with Gasteiger partial charge in [-0.05, 0) is 56.0 Å². The fraction of sp³-hybridized carbons (Fsp3) is 0.389. The maximum atomic E-state index is 10.7. The summed E-state index contributed by atoms with van der Waals surface area (Å²) < 4.78 is 5.30. The quantitative estimate of drug-likeness (QED) is 0.313. The molecule has 0 aromatic heterocycles. The number of hydrogen-bond acceptors (Lipinski definition) is 4. The van der Waals surface area contributed by atoms with E-state index in [4.69, 9.17) is 22.1 Å². The monoisotopic (exact) mass is 359 g/mol. The van der Waals surface area contributed by atoms with Gasteiger partial charge in [-0.1, -0.05) is 24.3 Å². The molecule has 0 saturated heterocycles. The lowest BCUT2D eigenvalue weighted by Gasteiger charge is -2.21. The summed E-state index contributed by atoms with van der Waals surface area (Å²) in [4.78, 5) is 10.7. The number of carboxylic acid groups (broad SMARTS) is 1. The molecule has 3 atom stereocenters. The number of ether oxygens (including phenoxy) is 1. The van der Waals surface area contributed by atoms with E-state index < -0.39 is 12.6 Å². The van der Waals surface area contributed by atoms with Gasteiger partial charge in [0, 0.05) is 11.6 Å². The number of fused-ring (bicyclic) bond motifs is 2. The number of hydrogen-bond donors (Lipinski definition) is 3. The number of nitrogens with one attached hydrogen (secondary N) is 2. The van der Waals surface area contributed by atoms with Gasteiger partial charge in [0.25, 0.3) is 0 Å². The Morgan fingerprint density at radius 3 is 2.84 bits per heavy atom. The Morgan fingerprint density at radius 1 is 1.36 bits per heavy atom. The van der Waals surface area contributed by atoms with Crippen LogP contribution in [0.25, 0.3) is 0 Å². The van der Waals surface area contributed by atoms with Crippen LogP contribution in [-0.2, 0) is 4.79 Å². The molecular weight excluding hydrogens is 338 g/mol. The van der Waals surface area contributed by atoms with Crippen molar-refractivity contribution in [2.24, 2.45) is 16.9 Å². The van der Waals surface area contributed by atoms with Crippen molar-refractivity contribution in [3.8, 4) is 5.75 Å². The van der Waals surface area contributed by atoms with E-state index >= 15 is 0 Å². The van der Waals surface area contributed by atoms with Crippen molar-refractivity contribution in [1.82, 2.24) is 10.7 Å². The Kier molecular flexibility index (Phi) is 5.33. The van der Waals surface area contributed by atoms with Crippen molar-refractivity contribution >= 4 is 29.0 Å². The molecule has 0 radical (unpaired) electrons. The fourth-order valence-electron chi connectivity index (χ4n) is 3.37. The summed E-state index contributed by atoms with van der Waals surface area (Å²) in [6, 6.07) is 7.55. The summed E-state index contributed by atoms with van der Waals surface area (Å²) in [7, 11) is 0. The average molecular weight is 359 g/mol. The summed E-state index contributed by atoms with van der Waals surface area (Å²) in [5, 5.41) is 16.9. The van der Waals surface area contributed by atoms with Gasteiger partial charge in [0.15, 0.2) is 11.7 Å². The van der Waals surface area contributed by atoms with Crippen molar-refractivity contribution in [1.29, 1.82) is 0 Å². The molecule has 25 heavy (non-hydrogen) atoms. The van der Waals surface area contributed by atoms with Gasteiger partial charge in [-0.3, -0.25) is 5.43 Å². The minimum Gasteiger partial charge on any atom is -0.481 e. The average Bonchev–Trinajstić information content (AvgIpc) is 3.21. The smallest absolute Gasteiger partial charge is 0.341 e. The Labute approximate surface area is 152 Å². The fourth-order valence-corrected chi connectivity index (χ4v) is 3.57. The first kappa shape index (κ1) is 17.4. The van der Waals surface area contributed by atoms with Gasteiger partial charge < -0.3 is 15.2 Å². The zero-order valence-corrected chi connectivity index (χ0v) is 14.8. The van der Waals surface area contributed by atoms with Crippen LogP contribution in [0.4, 0.5) is 0 Å². The highest BCUT2D eigenvalue weighted by molar-refractivity contribution is 7.80. The largest absolute Gasteiger partial charge is 0.481 e. The Morgan fingerprint density at radius 2 is 2.16 bits per heavy atom. The van der Waals surface area contributed by atoms with Crippen molar-refractivity contribution < 1.29 is 14.6 Å². The van der Waals surface area contributed by atoms with Crippen LogP contribution in [0.5, 0.6) is 5.75 Å². The number of hydrazone groups is 1. The molecule has 1 aromatic carbocycles. The summed E-state index contributed by atoms with van der Waals surface area (Å²) in [5.41, 5.74) is 4.26. The minimum absolute atomic E-state index is 0.372. The van der Waals surface area contributed by atoms with Crippen molar-refractivity contribution in [3.05, 3.63) is 42.0 Å². The van der Waals surface area contributed by atoms with Crippen LogP contribution in [-0.4, -0.2) is 34.5 Å². The zero-order chi connectivity index (χ0) is 17.8. The van der Waals surface area contributed by atoms with E-state index in [1.807, 2.05) is 19.1 Å². The van der Waals surface area contributed by atoms with E-state index in [2.05, 4.69) is 28.0 Å². The second-order valence-electron chi connectivity index (χ2n) is 6.35. The molecule has 6 nitrogen and oxygen atoms in total. The van der Waals surface area contributed by atoms with E-state index in [0.29, 0.717) is 34.5 Å². The summed E-state index contributed by atoms with van der Waals surface area (Å²) in [6.07, 6.45) is 6.86. The number of carboxylic acids is 1. The molecule has 0 amide bonds. The molecule has 2 aliphatic carbocycles. The van der Waals surface area contributed by atoms with Gasteiger partial charge in [0.05, 0.1) is 5.71 Å². The number of aliphatic carboxylic acids is 1. The molecule has 0 unspecified atom stereocenters. The second-order valence-corrected chi connectivity index (χ2v) is 6.76. The SMILES string of the molecule is CC(=NNC(=S)N[C@H]1C[C@@H]2C=C[C@H]1C2)c1ccccc1OCC(=O)O. The van der Waals surface area contributed by atoms with Crippen LogP contribution in [0.2, 0.25) is 0 Å². The van der Waals surface area contributed by atoms with Crippen molar-refractivity contribution in [2.45, 2.75) is 25.8 Å². The van der Waals surface area contributed by atoms with Gasteiger partial charge in [-0.15, -0.1) is 0 Å². The number of thiocarbonyl (C=S) groups is 1. The summed E-state index contributed by atoms with van der Waals surface area (Å²) in [6.45, 7) is 1.42. The molecule has 1 aromatic rings. The molecular formula is C18H21N3O3S. The predicted molar refractivity (Wildman–Crippen MR) is 99.8 cm³/mol. The molecule has 7 heteroatoms. The maximum Gasteiger partial charge on any atom is 0.341 e. The lowest BCUT2D eigenvalue weighted by Crippen LogP contribution is -2.42. The maximum absolute atomic E-state index is 10.7. The highest BCUT2D eigenvalue weighted by atomic mass is 32.1.